The highest BCUT2D eigenvalue weighted by molar-refractivity contribution is 5.91. The third-order valence-electron chi connectivity index (χ3n) is 2.29. The fourth-order valence-electron chi connectivity index (χ4n) is 1.66. The molecule has 72 valence electrons. The van der Waals surface area contributed by atoms with Gasteiger partial charge in [-0.15, -0.1) is 0 Å². The van der Waals surface area contributed by atoms with Gasteiger partial charge in [0.25, 0.3) is 5.69 Å². The molecule has 0 fully saturated rings. The van der Waals surface area contributed by atoms with E-state index in [9.17, 15) is 10.1 Å². The van der Waals surface area contributed by atoms with Crippen LogP contribution < -0.4 is 0 Å². The summed E-state index contributed by atoms with van der Waals surface area (Å²) in [7, 11) is 0. The van der Waals surface area contributed by atoms with Crippen molar-refractivity contribution in [2.24, 2.45) is 0 Å². The molecule has 1 aromatic heterocycles. The van der Waals surface area contributed by atoms with Crippen LogP contribution in [0.1, 0.15) is 11.3 Å². The zero-order valence-corrected chi connectivity index (χ0v) is 8.00. The number of aromatic nitrogens is 1. The van der Waals surface area contributed by atoms with Crippen LogP contribution >= 0.6 is 0 Å². The van der Waals surface area contributed by atoms with Gasteiger partial charge in [0.05, 0.1) is 21.5 Å². The minimum absolute atomic E-state index is 0.184. The molecule has 0 amide bonds. The number of benzene rings is 1. The zero-order chi connectivity index (χ0) is 10.3. The van der Waals surface area contributed by atoms with E-state index in [1.54, 1.807) is 6.92 Å². The first-order valence-electron chi connectivity index (χ1n) is 4.33. The minimum Gasteiger partial charge on any atom is -0.353 e. The molecular weight excluding hydrogens is 180 g/mol. The molecule has 0 aliphatic carbocycles. The summed E-state index contributed by atoms with van der Waals surface area (Å²) in [6.07, 6.45) is 0. The molecule has 0 radical (unpaired) electrons. The van der Waals surface area contributed by atoms with Gasteiger partial charge >= 0.3 is 0 Å². The second-order valence-corrected chi connectivity index (χ2v) is 3.40. The summed E-state index contributed by atoms with van der Waals surface area (Å²) in [6.45, 7) is 3.64. The molecule has 4 heteroatoms. The Hall–Kier alpha value is -1.84. The minimum atomic E-state index is -0.340. The maximum absolute atomic E-state index is 10.8. The van der Waals surface area contributed by atoms with Crippen molar-refractivity contribution >= 4 is 16.6 Å². The van der Waals surface area contributed by atoms with Gasteiger partial charge in [0.2, 0.25) is 0 Å². The molecule has 0 saturated heterocycles. The molecule has 14 heavy (non-hydrogen) atoms. The van der Waals surface area contributed by atoms with E-state index in [4.69, 9.17) is 0 Å². The van der Waals surface area contributed by atoms with Crippen molar-refractivity contribution < 1.29 is 4.92 Å². The topological polar surface area (TPSA) is 58.9 Å². The lowest BCUT2D eigenvalue weighted by Crippen LogP contribution is -1.88. The predicted molar refractivity (Wildman–Crippen MR) is 54.4 cm³/mol. The molecule has 1 aromatic carbocycles. The Kier molecular flexibility index (Phi) is 1.77. The average molecular weight is 190 g/mol. The van der Waals surface area contributed by atoms with E-state index in [1.165, 1.54) is 0 Å². The van der Waals surface area contributed by atoms with E-state index in [2.05, 4.69) is 4.98 Å². The molecule has 0 aliphatic rings. The Morgan fingerprint density at radius 3 is 2.71 bits per heavy atom. The molecular formula is C10H10N2O2. The molecule has 0 unspecified atom stereocenters. The van der Waals surface area contributed by atoms with Gasteiger partial charge in [-0.1, -0.05) is 11.6 Å². The Labute approximate surface area is 80.7 Å². The van der Waals surface area contributed by atoms with E-state index in [-0.39, 0.29) is 10.6 Å². The van der Waals surface area contributed by atoms with Crippen LogP contribution in [0.15, 0.2) is 18.2 Å². The van der Waals surface area contributed by atoms with E-state index in [0.717, 1.165) is 11.1 Å². The maximum atomic E-state index is 10.8. The third kappa shape index (κ3) is 1.16. The van der Waals surface area contributed by atoms with E-state index < -0.39 is 0 Å². The number of rotatable bonds is 1. The zero-order valence-electron chi connectivity index (χ0n) is 8.00. The molecule has 0 spiro atoms. The predicted octanol–water partition coefficient (Wildman–Crippen LogP) is 2.69. The lowest BCUT2D eigenvalue weighted by atomic mass is 10.1. The highest BCUT2D eigenvalue weighted by Gasteiger charge is 2.18. The fraction of sp³-hybridized carbons (Fsp3) is 0.200. The molecule has 1 N–H and O–H groups in total. The second kappa shape index (κ2) is 2.83. The summed E-state index contributed by atoms with van der Waals surface area (Å²) in [5.41, 5.74) is 2.64. The summed E-state index contributed by atoms with van der Waals surface area (Å²) >= 11 is 0. The number of nitrogens with zero attached hydrogens (tertiary/aromatic N) is 1. The Morgan fingerprint density at radius 1 is 1.36 bits per heavy atom. The van der Waals surface area contributed by atoms with Crippen LogP contribution in [0.3, 0.4) is 0 Å². The number of nitrogens with one attached hydrogen (secondary N) is 1. The van der Waals surface area contributed by atoms with Crippen LogP contribution in [0.25, 0.3) is 10.9 Å². The molecule has 0 saturated carbocycles. The Balaban J connectivity index is 2.86. The first kappa shape index (κ1) is 8.74. The highest BCUT2D eigenvalue weighted by Crippen LogP contribution is 2.29. The van der Waals surface area contributed by atoms with Gasteiger partial charge in [0.15, 0.2) is 0 Å². The molecule has 0 atom stereocenters. The van der Waals surface area contributed by atoms with Crippen molar-refractivity contribution in [3.8, 4) is 0 Å². The van der Waals surface area contributed by atoms with E-state index >= 15 is 0 Å². The Bertz CT molecular complexity index is 514. The standard InChI is InChI=1S/C10H10N2O2/c1-6-3-4-9-8(5-6)10(12(13)14)7(2)11-9/h3-5,11H,1-2H3. The lowest BCUT2D eigenvalue weighted by molar-refractivity contribution is -0.383. The normalized spacial score (nSPS) is 10.7. The summed E-state index contributed by atoms with van der Waals surface area (Å²) in [4.78, 5) is 13.4. The summed E-state index contributed by atoms with van der Waals surface area (Å²) in [5, 5.41) is 11.5. The number of aromatic amines is 1. The van der Waals surface area contributed by atoms with Crippen LogP contribution in [0.4, 0.5) is 5.69 Å². The molecule has 0 bridgehead atoms. The van der Waals surface area contributed by atoms with Gasteiger partial charge in [0.1, 0.15) is 0 Å². The van der Waals surface area contributed by atoms with E-state index in [0.29, 0.717) is 11.1 Å². The van der Waals surface area contributed by atoms with Crippen LogP contribution in [0.5, 0.6) is 0 Å². The van der Waals surface area contributed by atoms with Crippen molar-refractivity contribution in [2.45, 2.75) is 13.8 Å². The number of hydrogen-bond donors (Lipinski definition) is 1. The van der Waals surface area contributed by atoms with Gasteiger partial charge in [-0.25, -0.2) is 0 Å². The van der Waals surface area contributed by atoms with Gasteiger partial charge in [-0.05, 0) is 26.0 Å². The van der Waals surface area contributed by atoms with Gasteiger partial charge in [0, 0.05) is 0 Å². The lowest BCUT2D eigenvalue weighted by Gasteiger charge is -1.92. The Morgan fingerprint density at radius 2 is 2.07 bits per heavy atom. The summed E-state index contributed by atoms with van der Waals surface area (Å²) in [5.74, 6) is 0. The molecule has 4 nitrogen and oxygen atoms in total. The largest absolute Gasteiger partial charge is 0.353 e. The first-order valence-corrected chi connectivity index (χ1v) is 4.33. The summed E-state index contributed by atoms with van der Waals surface area (Å²) < 4.78 is 0. The van der Waals surface area contributed by atoms with Crippen molar-refractivity contribution in [2.75, 3.05) is 0 Å². The number of hydrogen-bond acceptors (Lipinski definition) is 2. The van der Waals surface area contributed by atoms with Crippen LogP contribution in [-0.2, 0) is 0 Å². The first-order chi connectivity index (χ1) is 6.59. The van der Waals surface area contributed by atoms with Crippen LogP contribution in [0, 0.1) is 24.0 Å². The quantitative estimate of drug-likeness (QED) is 0.555. The van der Waals surface area contributed by atoms with E-state index in [1.807, 2.05) is 25.1 Å². The molecule has 1 heterocycles. The third-order valence-corrected chi connectivity index (χ3v) is 2.29. The van der Waals surface area contributed by atoms with Crippen molar-refractivity contribution in [3.63, 3.8) is 0 Å². The molecule has 0 aliphatic heterocycles. The number of H-pyrrole nitrogens is 1. The maximum Gasteiger partial charge on any atom is 0.297 e. The average Bonchev–Trinajstić information content (AvgIpc) is 2.40. The van der Waals surface area contributed by atoms with Crippen LogP contribution in [-0.4, -0.2) is 9.91 Å². The van der Waals surface area contributed by atoms with Crippen LogP contribution in [0.2, 0.25) is 0 Å². The SMILES string of the molecule is Cc1ccc2[nH]c(C)c([N+](=O)[O-])c2c1. The number of fused-ring (bicyclic) bond motifs is 1. The molecule has 2 aromatic rings. The van der Waals surface area contributed by atoms with Gasteiger partial charge in [-0.2, -0.15) is 0 Å². The number of aryl methyl sites for hydroxylation is 2. The van der Waals surface area contributed by atoms with Gasteiger partial charge in [-0.3, -0.25) is 10.1 Å². The molecule has 2 rings (SSSR count). The number of nitro groups is 1. The highest BCUT2D eigenvalue weighted by atomic mass is 16.6. The van der Waals surface area contributed by atoms with Crippen molar-refractivity contribution in [3.05, 3.63) is 39.6 Å². The fourth-order valence-corrected chi connectivity index (χ4v) is 1.66. The van der Waals surface area contributed by atoms with Gasteiger partial charge < -0.3 is 4.98 Å². The second-order valence-electron chi connectivity index (χ2n) is 3.40. The van der Waals surface area contributed by atoms with Crippen molar-refractivity contribution in [1.29, 1.82) is 0 Å². The monoisotopic (exact) mass is 190 g/mol. The summed E-state index contributed by atoms with van der Waals surface area (Å²) in [6, 6.07) is 5.63. The smallest absolute Gasteiger partial charge is 0.297 e. The van der Waals surface area contributed by atoms with Crippen molar-refractivity contribution in [1.82, 2.24) is 4.98 Å².